The summed E-state index contributed by atoms with van der Waals surface area (Å²) in [4.78, 5) is 64.1. The fraction of sp³-hybridized carbons (Fsp3) is 0.896. The van der Waals surface area contributed by atoms with Crippen LogP contribution in [-0.2, 0) is 76.1 Å². The molecule has 41 heteroatoms. The number of hydrogen-bond acceptors (Lipinski definition) is 36. The largest absolute Gasteiger partial charge is 0.477 e. The fourth-order valence-corrected chi connectivity index (χ4v) is 11.1. The minimum atomic E-state index is -3.54. The van der Waals surface area contributed by atoms with E-state index >= 15 is 0 Å². The number of carboxylic acid groups (broad SMARTS) is 2. The minimum absolute atomic E-state index is 0.893. The Kier molecular flexibility index (Phi) is 26.1. The smallest absolute Gasteiger partial charge is 0.364 e. The van der Waals surface area contributed by atoms with Gasteiger partial charge in [-0.2, -0.15) is 0 Å². The van der Waals surface area contributed by atoms with Gasteiger partial charge >= 0.3 is 11.9 Å². The third-order valence-electron chi connectivity index (χ3n) is 15.7. The van der Waals surface area contributed by atoms with E-state index in [4.69, 9.17) is 52.1 Å². The summed E-state index contributed by atoms with van der Waals surface area (Å²) >= 11 is 0. The Morgan fingerprint density at radius 2 is 0.921 bits per heavy atom. The summed E-state index contributed by atoms with van der Waals surface area (Å²) in [7, 11) is 0. The molecule has 6 aliphatic rings. The van der Waals surface area contributed by atoms with Crippen LogP contribution >= 0.6 is 0 Å². The SMILES string of the molecule is CC(=O)N[C@H]1[C@H](O[C@H]2[C@@H](O)[C@@H](CO)O[C@@H](O[C@H]3[C@H](O)[C@@H](O)[C@H](O)O[C@@H]3CO)[C@@H]2O)O[C@H](CO)[C@@H](O[C@@H]2O[C@H](CO)[C@H](O)[C@H](O[C@]3(C(=O)O)C[C@H](O)[C@@H](NC(=O)CO)[C@H]([C@H](O)[C@@H](CO)O[C@]4(C(=O)O)C[C@H](O)[C@@H](NC(C)=O)[C@H]([C@H](O)[C@H](O)CO)O4)O3)[C@H]2O)[C@@H]1O. The summed E-state index contributed by atoms with van der Waals surface area (Å²) in [5, 5.41) is 244. The maximum absolute atomic E-state index is 13.5. The zero-order valence-electron chi connectivity index (χ0n) is 47.1. The van der Waals surface area contributed by atoms with Gasteiger partial charge < -0.3 is 180 Å². The number of aliphatic hydroxyl groups excluding tert-OH is 20. The normalized spacial score (nSPS) is 44.2. The number of ether oxygens (including phenoxy) is 11. The van der Waals surface area contributed by atoms with Gasteiger partial charge in [0.25, 0.3) is 11.6 Å². The highest BCUT2D eigenvalue weighted by atomic mass is 16.8. The fourth-order valence-electron chi connectivity index (χ4n) is 11.1. The van der Waals surface area contributed by atoms with Crippen molar-refractivity contribution in [1.82, 2.24) is 16.0 Å². The molecule has 89 heavy (non-hydrogen) atoms. The number of aliphatic carboxylic acids is 2. The zero-order valence-corrected chi connectivity index (χ0v) is 47.1. The molecule has 0 aromatic rings. The Morgan fingerprint density at radius 3 is 1.42 bits per heavy atom. The van der Waals surface area contributed by atoms with Crippen molar-refractivity contribution in [2.75, 3.05) is 46.2 Å². The maximum Gasteiger partial charge on any atom is 0.364 e. The summed E-state index contributed by atoms with van der Waals surface area (Å²) in [6.07, 6.45) is -61.6. The third kappa shape index (κ3) is 16.0. The molecule has 0 bridgehead atoms. The Bertz CT molecular complexity index is 2340. The molecule has 514 valence electrons. The van der Waals surface area contributed by atoms with Crippen LogP contribution in [0.2, 0.25) is 0 Å². The average molecular weight is 1310 g/mol. The van der Waals surface area contributed by atoms with Crippen molar-refractivity contribution < 1.29 is 188 Å². The highest BCUT2D eigenvalue weighted by molar-refractivity contribution is 5.78. The average Bonchev–Trinajstić information content (AvgIpc) is 0.820. The van der Waals surface area contributed by atoms with E-state index in [2.05, 4.69) is 10.6 Å². The lowest BCUT2D eigenvalue weighted by Gasteiger charge is -2.52. The Balaban J connectivity index is 1.29. The first kappa shape index (κ1) is 74.2. The van der Waals surface area contributed by atoms with Crippen LogP contribution < -0.4 is 16.0 Å². The molecule has 0 unspecified atom stereocenters. The highest BCUT2D eigenvalue weighted by Crippen LogP contribution is 2.41. The number of amides is 3. The van der Waals surface area contributed by atoms with E-state index in [1.807, 2.05) is 5.32 Å². The predicted molar refractivity (Wildman–Crippen MR) is 270 cm³/mol. The molecule has 41 nitrogen and oxygen atoms in total. The predicted octanol–water partition coefficient (Wildman–Crippen LogP) is -16.3. The topological polar surface area (TPSA) is 668 Å². The monoisotopic (exact) mass is 1310 g/mol. The van der Waals surface area contributed by atoms with Gasteiger partial charge in [-0.25, -0.2) is 9.59 Å². The molecule has 0 aliphatic carbocycles. The standard InChI is InChI=1S/C48H79N3O38/c1-12(59)49-23-14(61)3-47(45(75)76,87-37(23)26(65)16(63)5-52)86-19(8-55)29(68)38-24(51-22(64)11-58)15(62)4-48(88-38,46(77)78)89-40-28(67)18(7-54)81-44(34(40)73)83-35-21(10-57)82-42(25(30(35)69)50-13(2)60)85-39-27(66)17(6-53)80-43(33(39)72)84-36-20(9-56)79-41(74)32(71)31(36)70/h14-21,23-44,52-58,61-63,65-74H,3-11H2,1-2H3,(H,49,59)(H,50,60)(H,51,64)(H,75,76)(H,77,78)/t14-,15-,16+,17+,18+,19+,20+,21+,23+,24+,25+,26+,27-,28-,29+,30+,31+,32+,33+,34+,35+,36+,37+,38+,39-,40-,41+,42-,43-,44-,47+,48-/m0/s1. The molecule has 3 amide bonds. The van der Waals surface area contributed by atoms with Gasteiger partial charge in [-0.15, -0.1) is 0 Å². The highest BCUT2D eigenvalue weighted by Gasteiger charge is 2.63. The quantitative estimate of drug-likeness (QED) is 0.0382. The molecule has 25 N–H and O–H groups in total. The summed E-state index contributed by atoms with van der Waals surface area (Å²) in [6, 6.07) is -5.85. The first-order chi connectivity index (χ1) is 41.8. The van der Waals surface area contributed by atoms with Crippen molar-refractivity contribution >= 4 is 29.7 Å². The van der Waals surface area contributed by atoms with E-state index < -0.39 is 284 Å². The minimum Gasteiger partial charge on any atom is -0.477 e. The van der Waals surface area contributed by atoms with Crippen LogP contribution in [0, 0.1) is 0 Å². The number of hydrogen-bond donors (Lipinski definition) is 25. The zero-order chi connectivity index (χ0) is 66.5. The van der Waals surface area contributed by atoms with Gasteiger partial charge in [0, 0.05) is 26.7 Å². The van der Waals surface area contributed by atoms with Crippen LogP contribution in [0.25, 0.3) is 0 Å². The molecule has 0 aromatic carbocycles. The Hall–Kier alpha value is -3.89. The second-order valence-electron chi connectivity index (χ2n) is 21.8. The molecule has 6 aliphatic heterocycles. The van der Waals surface area contributed by atoms with Crippen LogP contribution in [0.3, 0.4) is 0 Å². The van der Waals surface area contributed by atoms with E-state index in [0.29, 0.717) is 0 Å². The molecule has 6 rings (SSSR count). The van der Waals surface area contributed by atoms with Gasteiger partial charge in [0.2, 0.25) is 17.7 Å². The molecule has 0 aromatic heterocycles. The molecule has 6 fully saturated rings. The lowest BCUT2D eigenvalue weighted by Crippen LogP contribution is -2.72. The molecule has 0 saturated carbocycles. The van der Waals surface area contributed by atoms with Crippen LogP contribution in [0.15, 0.2) is 0 Å². The Morgan fingerprint density at radius 1 is 0.483 bits per heavy atom. The second kappa shape index (κ2) is 31.4. The van der Waals surface area contributed by atoms with Gasteiger partial charge in [0.1, 0.15) is 141 Å². The van der Waals surface area contributed by atoms with E-state index in [1.165, 1.54) is 0 Å². The molecule has 0 spiro atoms. The van der Waals surface area contributed by atoms with Gasteiger partial charge in [-0.3, -0.25) is 14.4 Å². The van der Waals surface area contributed by atoms with Crippen molar-refractivity contribution in [3.05, 3.63) is 0 Å². The van der Waals surface area contributed by atoms with E-state index in [9.17, 15) is 136 Å². The van der Waals surface area contributed by atoms with Crippen LogP contribution in [0.1, 0.15) is 26.7 Å². The number of rotatable bonds is 26. The number of carboxylic acids is 2. The molecule has 6 heterocycles. The van der Waals surface area contributed by atoms with Gasteiger partial charge in [-0.05, 0) is 0 Å². The molecular weight excluding hydrogens is 1230 g/mol. The van der Waals surface area contributed by atoms with Crippen molar-refractivity contribution in [1.29, 1.82) is 0 Å². The summed E-state index contributed by atoms with van der Waals surface area (Å²) in [5.74, 6) is -14.6. The Labute approximate surface area is 501 Å². The number of aliphatic hydroxyl groups is 20. The number of carbonyl (C=O) groups excluding carboxylic acids is 3. The third-order valence-corrected chi connectivity index (χ3v) is 15.7. The summed E-state index contributed by atoms with van der Waals surface area (Å²) < 4.78 is 62.1. The lowest BCUT2D eigenvalue weighted by atomic mass is 9.87. The molecular formula is C48H79N3O38. The number of carbonyl (C=O) groups is 5. The molecule has 0 radical (unpaired) electrons. The van der Waals surface area contributed by atoms with Crippen molar-refractivity contribution in [3.63, 3.8) is 0 Å². The summed E-state index contributed by atoms with van der Waals surface area (Å²) in [6.45, 7) is -6.72. The first-order valence-corrected chi connectivity index (χ1v) is 27.5. The van der Waals surface area contributed by atoms with Gasteiger partial charge in [-0.1, -0.05) is 0 Å². The van der Waals surface area contributed by atoms with E-state index in [1.54, 1.807) is 0 Å². The van der Waals surface area contributed by atoms with Crippen LogP contribution in [-0.4, -0.2) is 384 Å². The molecule has 32 atom stereocenters. The van der Waals surface area contributed by atoms with Gasteiger partial charge in [0.15, 0.2) is 25.2 Å². The lowest BCUT2D eigenvalue weighted by molar-refractivity contribution is -0.391. The van der Waals surface area contributed by atoms with Crippen molar-refractivity contribution in [2.24, 2.45) is 0 Å². The van der Waals surface area contributed by atoms with Crippen molar-refractivity contribution in [2.45, 2.75) is 222 Å². The maximum atomic E-state index is 13.5. The summed E-state index contributed by atoms with van der Waals surface area (Å²) in [5.41, 5.74) is 0. The first-order valence-electron chi connectivity index (χ1n) is 27.5. The van der Waals surface area contributed by atoms with E-state index in [0.717, 1.165) is 13.8 Å². The van der Waals surface area contributed by atoms with Crippen molar-refractivity contribution in [3.8, 4) is 0 Å². The molecule has 6 saturated heterocycles. The second-order valence-corrected chi connectivity index (χ2v) is 21.8. The van der Waals surface area contributed by atoms with Crippen LogP contribution in [0.5, 0.6) is 0 Å². The van der Waals surface area contributed by atoms with Crippen LogP contribution in [0.4, 0.5) is 0 Å². The van der Waals surface area contributed by atoms with E-state index in [-0.39, 0.29) is 0 Å². The number of nitrogens with one attached hydrogen (secondary N) is 3. The van der Waals surface area contributed by atoms with Gasteiger partial charge in [0.05, 0.1) is 63.9 Å².